The van der Waals surface area contributed by atoms with Gasteiger partial charge in [0.25, 0.3) is 5.79 Å². The van der Waals surface area contributed by atoms with Crippen molar-refractivity contribution in [2.75, 3.05) is 20.0 Å². The Bertz CT molecular complexity index is 507. The lowest BCUT2D eigenvalue weighted by molar-refractivity contribution is -0.147. The number of thioether (sulfide) groups is 1. The summed E-state index contributed by atoms with van der Waals surface area (Å²) in [5.41, 5.74) is 0. The molecule has 6 heteroatoms. The molecule has 0 N–H and O–H groups in total. The summed E-state index contributed by atoms with van der Waals surface area (Å²) >= 11 is 1.61. The number of carbonyl (C=O) groups is 1. The zero-order chi connectivity index (χ0) is 13.5. The van der Waals surface area contributed by atoms with Gasteiger partial charge in [0, 0.05) is 6.08 Å². The van der Waals surface area contributed by atoms with E-state index in [1.54, 1.807) is 18.9 Å². The van der Waals surface area contributed by atoms with Crippen LogP contribution in [-0.2, 0) is 23.7 Å². The summed E-state index contributed by atoms with van der Waals surface area (Å²) in [6, 6.07) is 0. The molecule has 3 rings (SSSR count). The van der Waals surface area contributed by atoms with Gasteiger partial charge in [0.2, 0.25) is 5.76 Å². The highest BCUT2D eigenvalue weighted by Gasteiger charge is 2.49. The third-order valence-electron chi connectivity index (χ3n) is 3.27. The maximum atomic E-state index is 11.8. The quantitative estimate of drug-likeness (QED) is 0.721. The van der Waals surface area contributed by atoms with E-state index in [0.717, 1.165) is 0 Å². The minimum atomic E-state index is -0.802. The van der Waals surface area contributed by atoms with Crippen molar-refractivity contribution in [3.05, 3.63) is 34.8 Å². The number of ether oxygens (including phenoxy) is 4. The van der Waals surface area contributed by atoms with Crippen LogP contribution >= 0.6 is 11.8 Å². The molecule has 2 unspecified atom stereocenters. The second-order valence-electron chi connectivity index (χ2n) is 4.41. The van der Waals surface area contributed by atoms with E-state index in [1.165, 1.54) is 7.11 Å². The Kier molecular flexibility index (Phi) is 2.97. The van der Waals surface area contributed by atoms with Crippen LogP contribution in [0.1, 0.15) is 6.42 Å². The molecule has 1 aliphatic carbocycles. The van der Waals surface area contributed by atoms with E-state index in [0.29, 0.717) is 29.5 Å². The summed E-state index contributed by atoms with van der Waals surface area (Å²) in [6.45, 7) is 0. The van der Waals surface area contributed by atoms with Gasteiger partial charge in [0.15, 0.2) is 11.5 Å². The third-order valence-corrected chi connectivity index (χ3v) is 4.17. The molecule has 0 bridgehead atoms. The van der Waals surface area contributed by atoms with E-state index in [1.807, 2.05) is 17.6 Å². The number of hydrogen-bond donors (Lipinski definition) is 0. The van der Waals surface area contributed by atoms with Crippen LogP contribution in [-0.4, -0.2) is 31.7 Å². The van der Waals surface area contributed by atoms with Gasteiger partial charge in [-0.15, -0.1) is 11.8 Å². The molecule has 3 aliphatic rings. The fourth-order valence-corrected chi connectivity index (χ4v) is 3.16. The lowest BCUT2D eigenvalue weighted by atomic mass is 9.97. The van der Waals surface area contributed by atoms with Crippen LogP contribution in [0.15, 0.2) is 34.8 Å². The maximum absolute atomic E-state index is 11.8. The zero-order valence-corrected chi connectivity index (χ0v) is 11.5. The van der Waals surface area contributed by atoms with E-state index in [9.17, 15) is 4.79 Å². The van der Waals surface area contributed by atoms with Gasteiger partial charge in [0.05, 0.1) is 20.0 Å². The van der Waals surface area contributed by atoms with Crippen molar-refractivity contribution >= 4 is 17.7 Å². The second kappa shape index (κ2) is 4.52. The van der Waals surface area contributed by atoms with Gasteiger partial charge in [-0.2, -0.15) is 0 Å². The fraction of sp³-hybridized carbons (Fsp3) is 0.462. The van der Waals surface area contributed by atoms with E-state index in [4.69, 9.17) is 18.9 Å². The monoisotopic (exact) mass is 282 g/mol. The first-order valence-electron chi connectivity index (χ1n) is 5.93. The topological polar surface area (TPSA) is 54.0 Å². The molecule has 0 radical (unpaired) electrons. The largest absolute Gasteiger partial charge is 0.493 e. The molecule has 19 heavy (non-hydrogen) atoms. The summed E-state index contributed by atoms with van der Waals surface area (Å²) in [5.74, 6) is 0.701. The summed E-state index contributed by atoms with van der Waals surface area (Å²) in [6.07, 6.45) is 4.18. The van der Waals surface area contributed by atoms with Crippen LogP contribution in [0.25, 0.3) is 0 Å². The number of methoxy groups -OCH3 is 2. The summed E-state index contributed by atoms with van der Waals surface area (Å²) in [5, 5.41) is 1.93. The third kappa shape index (κ3) is 1.90. The van der Waals surface area contributed by atoms with Crippen LogP contribution in [0, 0.1) is 5.92 Å². The molecular weight excluding hydrogens is 268 g/mol. The number of carbonyl (C=O) groups excluding carboxylic acids is 1. The molecule has 5 nitrogen and oxygen atoms in total. The van der Waals surface area contributed by atoms with Gasteiger partial charge >= 0.3 is 5.97 Å². The molecule has 2 heterocycles. The lowest BCUT2D eigenvalue weighted by Gasteiger charge is -2.21. The van der Waals surface area contributed by atoms with E-state index < -0.39 is 11.7 Å². The zero-order valence-electron chi connectivity index (χ0n) is 10.7. The van der Waals surface area contributed by atoms with Gasteiger partial charge in [-0.25, -0.2) is 0 Å². The minimum absolute atomic E-state index is 0.325. The Balaban J connectivity index is 1.94. The highest BCUT2D eigenvalue weighted by Crippen LogP contribution is 2.46. The normalized spacial score (nSPS) is 31.7. The molecule has 0 amide bonds. The Hall–Kier alpha value is -1.56. The van der Waals surface area contributed by atoms with Crippen molar-refractivity contribution in [2.24, 2.45) is 5.92 Å². The molecule has 2 atom stereocenters. The first-order chi connectivity index (χ1) is 9.19. The molecule has 1 spiro atoms. The Morgan fingerprint density at radius 3 is 2.95 bits per heavy atom. The number of hydrogen-bond acceptors (Lipinski definition) is 6. The van der Waals surface area contributed by atoms with Crippen LogP contribution in [0.5, 0.6) is 0 Å². The van der Waals surface area contributed by atoms with Gasteiger partial charge < -0.3 is 18.9 Å². The van der Waals surface area contributed by atoms with Crippen molar-refractivity contribution in [1.29, 1.82) is 0 Å². The first kappa shape index (κ1) is 12.5. The lowest BCUT2D eigenvalue weighted by Crippen LogP contribution is -2.30. The standard InChI is InChI=1S/C13H14O5S/c1-15-9-4-3-8(12(14)16-2)10-11(9)18-13(17-10)5-6-19-7-13/h4-6,8H,3,7H2,1-2H3. The predicted molar refractivity (Wildman–Crippen MR) is 68.7 cm³/mol. The van der Waals surface area contributed by atoms with Crippen LogP contribution in [0.3, 0.4) is 0 Å². The van der Waals surface area contributed by atoms with Gasteiger partial charge in [-0.3, -0.25) is 4.79 Å². The maximum Gasteiger partial charge on any atom is 0.316 e. The predicted octanol–water partition coefficient (Wildman–Crippen LogP) is 1.92. The summed E-state index contributed by atoms with van der Waals surface area (Å²) < 4.78 is 21.9. The second-order valence-corrected chi connectivity index (χ2v) is 5.30. The fourth-order valence-electron chi connectivity index (χ4n) is 2.31. The Morgan fingerprint density at radius 1 is 1.47 bits per heavy atom. The first-order valence-corrected chi connectivity index (χ1v) is 6.98. The summed E-state index contributed by atoms with van der Waals surface area (Å²) in [4.78, 5) is 11.8. The average molecular weight is 282 g/mol. The van der Waals surface area contributed by atoms with Crippen molar-refractivity contribution in [1.82, 2.24) is 0 Å². The van der Waals surface area contributed by atoms with Crippen LogP contribution in [0.2, 0.25) is 0 Å². The van der Waals surface area contributed by atoms with Crippen LogP contribution in [0.4, 0.5) is 0 Å². The van der Waals surface area contributed by atoms with Crippen molar-refractivity contribution in [2.45, 2.75) is 12.2 Å². The molecule has 0 fully saturated rings. The highest BCUT2D eigenvalue weighted by atomic mass is 32.2. The molecule has 102 valence electrons. The van der Waals surface area contributed by atoms with E-state index >= 15 is 0 Å². The molecule has 2 aliphatic heterocycles. The SMILES string of the molecule is COC(=O)C1CC=C(OC)C2=C1OC1(C=CSC1)O2. The summed E-state index contributed by atoms with van der Waals surface area (Å²) in [7, 11) is 2.94. The van der Waals surface area contributed by atoms with Gasteiger partial charge in [0.1, 0.15) is 5.92 Å². The number of rotatable bonds is 2. The molecule has 0 aromatic rings. The van der Waals surface area contributed by atoms with E-state index in [2.05, 4.69) is 0 Å². The van der Waals surface area contributed by atoms with Gasteiger partial charge in [-0.05, 0) is 17.9 Å². The smallest absolute Gasteiger partial charge is 0.316 e. The van der Waals surface area contributed by atoms with Crippen LogP contribution < -0.4 is 0 Å². The molecule has 0 aromatic heterocycles. The molecule has 0 aromatic carbocycles. The Labute approximate surface area is 115 Å². The molecular formula is C13H14O5S. The molecule has 0 saturated carbocycles. The highest BCUT2D eigenvalue weighted by molar-refractivity contribution is 8.02. The van der Waals surface area contributed by atoms with Crippen molar-refractivity contribution < 1.29 is 23.7 Å². The Morgan fingerprint density at radius 2 is 2.32 bits per heavy atom. The van der Waals surface area contributed by atoms with Gasteiger partial charge in [-0.1, -0.05) is 0 Å². The number of allylic oxidation sites excluding steroid dienone is 1. The average Bonchev–Trinajstić information content (AvgIpc) is 3.03. The molecule has 0 saturated heterocycles. The van der Waals surface area contributed by atoms with Crippen molar-refractivity contribution in [3.8, 4) is 0 Å². The number of esters is 1. The van der Waals surface area contributed by atoms with Crippen molar-refractivity contribution in [3.63, 3.8) is 0 Å². The van der Waals surface area contributed by atoms with E-state index in [-0.39, 0.29) is 5.97 Å². The minimum Gasteiger partial charge on any atom is -0.493 e.